The highest BCUT2D eigenvalue weighted by atomic mass is 16.5. The molecule has 17 heavy (non-hydrogen) atoms. The highest BCUT2D eigenvalue weighted by Crippen LogP contribution is 2.36. The number of hydrogen-bond acceptors (Lipinski definition) is 2. The van der Waals surface area contributed by atoms with E-state index < -0.39 is 0 Å². The first-order valence-electron chi connectivity index (χ1n) is 7.50. The lowest BCUT2D eigenvalue weighted by Gasteiger charge is -2.39. The lowest BCUT2D eigenvalue weighted by atomic mass is 9.84. The van der Waals surface area contributed by atoms with Crippen LogP contribution in [0.15, 0.2) is 0 Å². The quantitative estimate of drug-likeness (QED) is 0.629. The molecule has 1 rings (SSSR count). The van der Waals surface area contributed by atoms with Crippen molar-refractivity contribution in [2.24, 2.45) is 5.92 Å². The number of rotatable bonds is 10. The van der Waals surface area contributed by atoms with Crippen LogP contribution in [0.1, 0.15) is 65.7 Å². The van der Waals surface area contributed by atoms with Crippen molar-refractivity contribution in [3.8, 4) is 0 Å². The van der Waals surface area contributed by atoms with E-state index in [-0.39, 0.29) is 5.60 Å². The van der Waals surface area contributed by atoms with Gasteiger partial charge in [-0.1, -0.05) is 33.6 Å². The normalized spacial score (nSPS) is 18.4. The van der Waals surface area contributed by atoms with Crippen molar-refractivity contribution in [1.29, 1.82) is 0 Å². The van der Waals surface area contributed by atoms with Gasteiger partial charge in [0.1, 0.15) is 0 Å². The Bertz CT molecular complexity index is 189. The average Bonchev–Trinajstić information content (AvgIpc) is 3.18. The summed E-state index contributed by atoms with van der Waals surface area (Å²) in [5, 5.41) is 3.72. The van der Waals surface area contributed by atoms with E-state index in [9.17, 15) is 0 Å². The van der Waals surface area contributed by atoms with E-state index in [1.807, 2.05) is 7.11 Å². The van der Waals surface area contributed by atoms with E-state index in [0.717, 1.165) is 25.3 Å². The molecule has 0 radical (unpaired) electrons. The summed E-state index contributed by atoms with van der Waals surface area (Å²) in [5.74, 6) is 1.02. The van der Waals surface area contributed by atoms with Crippen molar-refractivity contribution in [2.75, 3.05) is 13.7 Å². The molecule has 0 saturated heterocycles. The van der Waals surface area contributed by atoms with E-state index >= 15 is 0 Å². The second-order valence-electron chi connectivity index (χ2n) is 5.50. The van der Waals surface area contributed by atoms with Crippen LogP contribution in [0.3, 0.4) is 0 Å². The van der Waals surface area contributed by atoms with Crippen LogP contribution in [-0.4, -0.2) is 25.3 Å². The summed E-state index contributed by atoms with van der Waals surface area (Å²) in [6, 6.07) is 0.531. The molecule has 2 heteroatoms. The smallest absolute Gasteiger partial charge is 0.0825 e. The Kier molecular flexibility index (Phi) is 6.50. The minimum Gasteiger partial charge on any atom is -0.377 e. The van der Waals surface area contributed by atoms with Crippen LogP contribution >= 0.6 is 0 Å². The largest absolute Gasteiger partial charge is 0.377 e. The molecular formula is C15H31NO. The van der Waals surface area contributed by atoms with Gasteiger partial charge in [-0.3, -0.25) is 0 Å². The Morgan fingerprint density at radius 3 is 2.29 bits per heavy atom. The first kappa shape index (κ1) is 15.0. The summed E-state index contributed by atoms with van der Waals surface area (Å²) < 4.78 is 5.89. The molecule has 0 aliphatic heterocycles. The number of ether oxygens (including phenoxy) is 1. The minimum absolute atomic E-state index is 0.0457. The van der Waals surface area contributed by atoms with Gasteiger partial charge in [0.05, 0.1) is 5.60 Å². The molecule has 2 nitrogen and oxygen atoms in total. The van der Waals surface area contributed by atoms with Crippen LogP contribution < -0.4 is 5.32 Å². The van der Waals surface area contributed by atoms with E-state index in [4.69, 9.17) is 4.74 Å². The summed E-state index contributed by atoms with van der Waals surface area (Å²) in [5.41, 5.74) is 0.0457. The van der Waals surface area contributed by atoms with Crippen LogP contribution in [0, 0.1) is 5.92 Å². The molecule has 0 bridgehead atoms. The monoisotopic (exact) mass is 241 g/mol. The van der Waals surface area contributed by atoms with Gasteiger partial charge in [0.15, 0.2) is 0 Å². The standard InChI is InChI=1S/C15H31NO/c1-5-12-16-14(11-10-13-8-9-13)15(6-2,7-3)17-4/h13-14,16H,5-12H2,1-4H3. The Morgan fingerprint density at radius 2 is 1.88 bits per heavy atom. The van der Waals surface area contributed by atoms with Gasteiger partial charge in [-0.2, -0.15) is 0 Å². The van der Waals surface area contributed by atoms with Crippen molar-refractivity contribution in [1.82, 2.24) is 5.32 Å². The topological polar surface area (TPSA) is 21.3 Å². The molecule has 1 atom stereocenters. The maximum Gasteiger partial charge on any atom is 0.0825 e. The number of hydrogen-bond donors (Lipinski definition) is 1. The van der Waals surface area contributed by atoms with Gasteiger partial charge in [0, 0.05) is 13.2 Å². The maximum absolute atomic E-state index is 5.89. The lowest BCUT2D eigenvalue weighted by Crippen LogP contribution is -2.51. The van der Waals surface area contributed by atoms with Gasteiger partial charge in [-0.05, 0) is 44.6 Å². The first-order chi connectivity index (χ1) is 8.22. The molecule has 102 valence electrons. The molecule has 1 aliphatic rings. The second kappa shape index (κ2) is 7.38. The van der Waals surface area contributed by atoms with Crippen molar-refractivity contribution >= 4 is 0 Å². The molecule has 0 aromatic carbocycles. The van der Waals surface area contributed by atoms with Gasteiger partial charge < -0.3 is 10.1 Å². The van der Waals surface area contributed by atoms with Crippen molar-refractivity contribution < 1.29 is 4.74 Å². The first-order valence-corrected chi connectivity index (χ1v) is 7.50. The predicted molar refractivity (Wildman–Crippen MR) is 74.4 cm³/mol. The molecule has 1 unspecified atom stereocenters. The summed E-state index contributed by atoms with van der Waals surface area (Å²) in [7, 11) is 1.88. The van der Waals surface area contributed by atoms with Crippen molar-refractivity contribution in [3.05, 3.63) is 0 Å². The average molecular weight is 241 g/mol. The van der Waals surface area contributed by atoms with Gasteiger partial charge in [0.2, 0.25) is 0 Å². The fraction of sp³-hybridized carbons (Fsp3) is 1.00. The van der Waals surface area contributed by atoms with Gasteiger partial charge >= 0.3 is 0 Å². The van der Waals surface area contributed by atoms with Crippen LogP contribution in [0.25, 0.3) is 0 Å². The Labute approximate surface area is 108 Å². The third kappa shape index (κ3) is 4.26. The predicted octanol–water partition coefficient (Wildman–Crippen LogP) is 3.75. The summed E-state index contributed by atoms with van der Waals surface area (Å²) in [6.07, 6.45) is 8.98. The van der Waals surface area contributed by atoms with Gasteiger partial charge in [0.25, 0.3) is 0 Å². The zero-order valence-electron chi connectivity index (χ0n) is 12.2. The lowest BCUT2D eigenvalue weighted by molar-refractivity contribution is -0.0500. The zero-order chi connectivity index (χ0) is 12.7. The van der Waals surface area contributed by atoms with Gasteiger partial charge in [-0.15, -0.1) is 0 Å². The Morgan fingerprint density at radius 1 is 1.24 bits per heavy atom. The molecule has 0 aromatic rings. The van der Waals surface area contributed by atoms with Crippen molar-refractivity contribution in [3.63, 3.8) is 0 Å². The SMILES string of the molecule is CCCNC(CCC1CC1)C(CC)(CC)OC. The Balaban J connectivity index is 2.55. The van der Waals surface area contributed by atoms with E-state index in [1.54, 1.807) is 0 Å². The van der Waals surface area contributed by atoms with E-state index in [0.29, 0.717) is 6.04 Å². The van der Waals surface area contributed by atoms with Crippen molar-refractivity contribution in [2.45, 2.75) is 77.4 Å². The fourth-order valence-corrected chi connectivity index (χ4v) is 2.85. The molecule has 0 heterocycles. The van der Waals surface area contributed by atoms with Crippen LogP contribution in [0.4, 0.5) is 0 Å². The van der Waals surface area contributed by atoms with Crippen LogP contribution in [-0.2, 0) is 4.74 Å². The molecular weight excluding hydrogens is 210 g/mol. The Hall–Kier alpha value is -0.0800. The minimum atomic E-state index is 0.0457. The maximum atomic E-state index is 5.89. The summed E-state index contributed by atoms with van der Waals surface area (Å²) >= 11 is 0. The second-order valence-corrected chi connectivity index (χ2v) is 5.50. The highest BCUT2D eigenvalue weighted by molar-refractivity contribution is 4.92. The third-order valence-corrected chi connectivity index (χ3v) is 4.44. The fourth-order valence-electron chi connectivity index (χ4n) is 2.85. The van der Waals surface area contributed by atoms with Crippen LogP contribution in [0.2, 0.25) is 0 Å². The molecule has 1 fully saturated rings. The summed E-state index contributed by atoms with van der Waals surface area (Å²) in [4.78, 5) is 0. The third-order valence-electron chi connectivity index (χ3n) is 4.44. The molecule has 1 aliphatic carbocycles. The van der Waals surface area contributed by atoms with E-state index in [2.05, 4.69) is 26.1 Å². The number of nitrogens with one attached hydrogen (secondary N) is 1. The molecule has 1 N–H and O–H groups in total. The zero-order valence-corrected chi connectivity index (χ0v) is 12.2. The summed E-state index contributed by atoms with van der Waals surface area (Å²) in [6.45, 7) is 7.85. The van der Waals surface area contributed by atoms with Gasteiger partial charge in [-0.25, -0.2) is 0 Å². The highest BCUT2D eigenvalue weighted by Gasteiger charge is 2.36. The molecule has 0 spiro atoms. The van der Waals surface area contributed by atoms with E-state index in [1.165, 1.54) is 32.1 Å². The number of methoxy groups -OCH3 is 1. The van der Waals surface area contributed by atoms with Crippen LogP contribution in [0.5, 0.6) is 0 Å². The molecule has 0 amide bonds. The molecule has 1 saturated carbocycles. The molecule has 0 aromatic heterocycles.